The summed E-state index contributed by atoms with van der Waals surface area (Å²) in [6.45, 7) is 4.30. The van der Waals surface area contributed by atoms with Crippen molar-refractivity contribution in [1.29, 1.82) is 0 Å². The Morgan fingerprint density at radius 1 is 1.60 bits per heavy atom. The van der Waals surface area contributed by atoms with Gasteiger partial charge in [-0.15, -0.1) is 0 Å². The highest BCUT2D eigenvalue weighted by atomic mass is 35.5. The van der Waals surface area contributed by atoms with Gasteiger partial charge in [0.2, 0.25) is 0 Å². The highest BCUT2D eigenvalue weighted by molar-refractivity contribution is 6.63. The smallest absolute Gasteiger partial charge is 0.494 e. The number of benzene rings is 1. The van der Waals surface area contributed by atoms with Gasteiger partial charge in [-0.2, -0.15) is 0 Å². The van der Waals surface area contributed by atoms with E-state index in [0.717, 1.165) is 5.56 Å². The molecule has 1 aromatic carbocycles. The van der Waals surface area contributed by atoms with Crippen LogP contribution in [0.2, 0.25) is 5.02 Å². The van der Waals surface area contributed by atoms with Crippen LogP contribution in [0.1, 0.15) is 25.5 Å². The Balaban J connectivity index is 2.54. The molecule has 80 valence electrons. The van der Waals surface area contributed by atoms with Crippen LogP contribution in [0.5, 0.6) is 5.75 Å². The summed E-state index contributed by atoms with van der Waals surface area (Å²) in [5.74, 6) is 0.647. The molecule has 1 aromatic rings. The molecule has 0 aromatic heterocycles. The van der Waals surface area contributed by atoms with Gasteiger partial charge in [0.1, 0.15) is 5.75 Å². The van der Waals surface area contributed by atoms with Gasteiger partial charge in [0.25, 0.3) is 0 Å². The van der Waals surface area contributed by atoms with Crippen molar-refractivity contribution in [1.82, 2.24) is 0 Å². The minimum absolute atomic E-state index is 0.192. The Morgan fingerprint density at radius 2 is 2.33 bits per heavy atom. The maximum Gasteiger partial charge on any atom is 0.495 e. The average molecular weight is 226 g/mol. The minimum atomic E-state index is -0.935. The Morgan fingerprint density at radius 3 is 3.00 bits per heavy atom. The van der Waals surface area contributed by atoms with Crippen LogP contribution in [0, 0.1) is 0 Å². The predicted molar refractivity (Wildman–Crippen MR) is 59.7 cm³/mol. The SMILES string of the molecule is CCOc1ccc(Cl)c2c1B(O)OC2C. The van der Waals surface area contributed by atoms with Crippen molar-refractivity contribution in [2.75, 3.05) is 6.61 Å². The van der Waals surface area contributed by atoms with Gasteiger partial charge in [0.05, 0.1) is 12.7 Å². The Hall–Kier alpha value is -0.705. The van der Waals surface area contributed by atoms with Crippen molar-refractivity contribution < 1.29 is 14.4 Å². The fraction of sp³-hybridized carbons (Fsp3) is 0.400. The normalized spacial score (nSPS) is 19.2. The van der Waals surface area contributed by atoms with E-state index in [-0.39, 0.29) is 6.10 Å². The van der Waals surface area contributed by atoms with E-state index in [0.29, 0.717) is 22.8 Å². The van der Waals surface area contributed by atoms with Crippen molar-refractivity contribution in [2.45, 2.75) is 20.0 Å². The summed E-state index contributed by atoms with van der Waals surface area (Å²) in [4.78, 5) is 0. The molecule has 3 nitrogen and oxygen atoms in total. The van der Waals surface area contributed by atoms with Gasteiger partial charge in [-0.1, -0.05) is 11.6 Å². The lowest BCUT2D eigenvalue weighted by atomic mass is 9.78. The highest BCUT2D eigenvalue weighted by Crippen LogP contribution is 2.32. The third-order valence-corrected chi connectivity index (χ3v) is 2.81. The van der Waals surface area contributed by atoms with E-state index >= 15 is 0 Å². The van der Waals surface area contributed by atoms with E-state index in [4.69, 9.17) is 21.0 Å². The van der Waals surface area contributed by atoms with Crippen LogP contribution in [-0.4, -0.2) is 18.7 Å². The third-order valence-electron chi connectivity index (χ3n) is 2.48. The summed E-state index contributed by atoms with van der Waals surface area (Å²) >= 11 is 6.06. The van der Waals surface area contributed by atoms with Crippen molar-refractivity contribution in [2.24, 2.45) is 0 Å². The van der Waals surface area contributed by atoms with E-state index in [9.17, 15) is 5.02 Å². The molecule has 1 aliphatic rings. The average Bonchev–Trinajstić information content (AvgIpc) is 2.48. The zero-order chi connectivity index (χ0) is 11.0. The first-order valence-electron chi connectivity index (χ1n) is 4.93. The van der Waals surface area contributed by atoms with Gasteiger partial charge in [0, 0.05) is 16.0 Å². The van der Waals surface area contributed by atoms with Gasteiger partial charge < -0.3 is 14.4 Å². The summed E-state index contributed by atoms with van der Waals surface area (Å²) in [5, 5.41) is 10.3. The fourth-order valence-corrected chi connectivity index (χ4v) is 2.19. The predicted octanol–water partition coefficient (Wildman–Crippen LogP) is 1.52. The molecule has 0 saturated heterocycles. The minimum Gasteiger partial charge on any atom is -0.494 e. The standard InChI is InChI=1S/C10H12BClO3/c1-3-14-8-5-4-7(12)9-6(2)15-11(13)10(8)9/h4-6,13H,3H2,1-2H3. The lowest BCUT2D eigenvalue weighted by Crippen LogP contribution is -2.30. The number of fused-ring (bicyclic) bond motifs is 1. The molecule has 1 aliphatic heterocycles. The van der Waals surface area contributed by atoms with E-state index in [1.807, 2.05) is 13.8 Å². The zero-order valence-corrected chi connectivity index (χ0v) is 9.41. The molecule has 1 unspecified atom stereocenters. The second-order valence-corrected chi connectivity index (χ2v) is 3.84. The molecule has 0 radical (unpaired) electrons. The second-order valence-electron chi connectivity index (χ2n) is 3.44. The van der Waals surface area contributed by atoms with Gasteiger partial charge >= 0.3 is 7.12 Å². The summed E-state index contributed by atoms with van der Waals surface area (Å²) < 4.78 is 10.7. The largest absolute Gasteiger partial charge is 0.495 e. The second kappa shape index (κ2) is 4.04. The first kappa shape index (κ1) is 10.8. The molecule has 5 heteroatoms. The number of ether oxygens (including phenoxy) is 1. The van der Waals surface area contributed by atoms with Crippen molar-refractivity contribution >= 4 is 24.2 Å². The maximum atomic E-state index is 9.72. The van der Waals surface area contributed by atoms with Crippen LogP contribution in [0.25, 0.3) is 0 Å². The summed E-state index contributed by atoms with van der Waals surface area (Å²) in [6.07, 6.45) is -0.192. The van der Waals surface area contributed by atoms with Crippen LogP contribution < -0.4 is 10.2 Å². The van der Waals surface area contributed by atoms with Gasteiger partial charge in [-0.05, 0) is 26.0 Å². The molecule has 1 N–H and O–H groups in total. The molecule has 0 bridgehead atoms. The maximum absolute atomic E-state index is 9.72. The monoisotopic (exact) mass is 226 g/mol. The molecule has 0 amide bonds. The molecule has 0 spiro atoms. The van der Waals surface area contributed by atoms with E-state index < -0.39 is 7.12 Å². The Kier molecular flexibility index (Phi) is 2.91. The van der Waals surface area contributed by atoms with E-state index in [2.05, 4.69) is 0 Å². The van der Waals surface area contributed by atoms with Gasteiger partial charge in [-0.3, -0.25) is 0 Å². The molecular weight excluding hydrogens is 214 g/mol. The number of hydrogen-bond donors (Lipinski definition) is 1. The molecular formula is C10H12BClO3. The fourth-order valence-electron chi connectivity index (χ4n) is 1.87. The molecule has 2 rings (SSSR count). The number of rotatable bonds is 2. The van der Waals surface area contributed by atoms with Crippen LogP contribution in [-0.2, 0) is 4.65 Å². The van der Waals surface area contributed by atoms with Crippen LogP contribution in [0.3, 0.4) is 0 Å². The lowest BCUT2D eigenvalue weighted by Gasteiger charge is -2.10. The van der Waals surface area contributed by atoms with E-state index in [1.165, 1.54) is 0 Å². The van der Waals surface area contributed by atoms with Crippen LogP contribution in [0.4, 0.5) is 0 Å². The van der Waals surface area contributed by atoms with Gasteiger partial charge in [-0.25, -0.2) is 0 Å². The summed E-state index contributed by atoms with van der Waals surface area (Å²) in [5.41, 5.74) is 1.49. The quantitative estimate of drug-likeness (QED) is 0.777. The molecule has 1 heterocycles. The highest BCUT2D eigenvalue weighted by Gasteiger charge is 2.37. The molecule has 0 aliphatic carbocycles. The van der Waals surface area contributed by atoms with Crippen molar-refractivity contribution in [3.8, 4) is 5.75 Å². The van der Waals surface area contributed by atoms with Crippen LogP contribution in [0.15, 0.2) is 12.1 Å². The van der Waals surface area contributed by atoms with E-state index in [1.54, 1.807) is 12.1 Å². The topological polar surface area (TPSA) is 38.7 Å². The zero-order valence-electron chi connectivity index (χ0n) is 8.66. The third kappa shape index (κ3) is 1.73. The van der Waals surface area contributed by atoms with Crippen molar-refractivity contribution in [3.05, 3.63) is 22.7 Å². The molecule has 0 saturated carbocycles. The lowest BCUT2D eigenvalue weighted by molar-refractivity contribution is 0.209. The Labute approximate surface area is 94.1 Å². The molecule has 0 fully saturated rings. The molecule has 15 heavy (non-hydrogen) atoms. The summed E-state index contributed by atoms with van der Waals surface area (Å²) in [6, 6.07) is 3.53. The Bertz CT molecular complexity index is 383. The number of halogens is 1. The summed E-state index contributed by atoms with van der Waals surface area (Å²) in [7, 11) is -0.935. The van der Waals surface area contributed by atoms with Crippen LogP contribution >= 0.6 is 11.6 Å². The first-order chi connectivity index (χ1) is 7.15. The van der Waals surface area contributed by atoms with Gasteiger partial charge in [0.15, 0.2) is 0 Å². The number of hydrogen-bond acceptors (Lipinski definition) is 3. The van der Waals surface area contributed by atoms with Crippen molar-refractivity contribution in [3.63, 3.8) is 0 Å². The first-order valence-corrected chi connectivity index (χ1v) is 5.31. The molecule has 1 atom stereocenters.